The predicted octanol–water partition coefficient (Wildman–Crippen LogP) is 3.96. The van der Waals surface area contributed by atoms with Crippen LogP contribution in [0.5, 0.6) is 0 Å². The molecule has 1 unspecified atom stereocenters. The van der Waals surface area contributed by atoms with Gasteiger partial charge in [0.25, 0.3) is 11.8 Å². The van der Waals surface area contributed by atoms with Crippen LogP contribution in [0.1, 0.15) is 23.2 Å². The molecule has 0 saturated carbocycles. The SMILES string of the molecule is O=C(Nc1ccc(Br)cc1F)c1cccc(NC(=O)C2CCCO2)c1. The zero-order valence-electron chi connectivity index (χ0n) is 13.2. The third-order valence-corrected chi connectivity index (χ3v) is 4.29. The number of carbonyl (C=O) groups excluding carboxylic acids is 2. The summed E-state index contributed by atoms with van der Waals surface area (Å²) in [6.07, 6.45) is 1.10. The molecule has 2 aromatic rings. The molecule has 0 bridgehead atoms. The second-order valence-electron chi connectivity index (χ2n) is 5.65. The molecule has 0 radical (unpaired) electrons. The van der Waals surface area contributed by atoms with Gasteiger partial charge in [-0.05, 0) is 49.2 Å². The largest absolute Gasteiger partial charge is 0.368 e. The molecular weight excluding hydrogens is 391 g/mol. The van der Waals surface area contributed by atoms with E-state index in [1.807, 2.05) is 0 Å². The first-order chi connectivity index (χ1) is 12.0. The van der Waals surface area contributed by atoms with Gasteiger partial charge in [0, 0.05) is 22.3 Å². The lowest BCUT2D eigenvalue weighted by Gasteiger charge is -2.12. The summed E-state index contributed by atoms with van der Waals surface area (Å²) in [5.74, 6) is -1.23. The minimum absolute atomic E-state index is 0.0852. The molecule has 2 aromatic carbocycles. The van der Waals surface area contributed by atoms with Gasteiger partial charge in [0.05, 0.1) is 5.69 Å². The smallest absolute Gasteiger partial charge is 0.255 e. The molecule has 7 heteroatoms. The van der Waals surface area contributed by atoms with Gasteiger partial charge in [-0.3, -0.25) is 9.59 Å². The van der Waals surface area contributed by atoms with E-state index in [4.69, 9.17) is 4.74 Å². The lowest BCUT2D eigenvalue weighted by molar-refractivity contribution is -0.124. The number of rotatable bonds is 4. The van der Waals surface area contributed by atoms with Crippen molar-refractivity contribution in [3.8, 4) is 0 Å². The van der Waals surface area contributed by atoms with Crippen molar-refractivity contribution in [3.63, 3.8) is 0 Å². The van der Waals surface area contributed by atoms with Gasteiger partial charge in [0.1, 0.15) is 11.9 Å². The van der Waals surface area contributed by atoms with Gasteiger partial charge in [-0.1, -0.05) is 22.0 Å². The molecule has 1 heterocycles. The third-order valence-electron chi connectivity index (χ3n) is 3.79. The van der Waals surface area contributed by atoms with Gasteiger partial charge < -0.3 is 15.4 Å². The molecule has 3 rings (SSSR count). The molecular formula is C18H16BrFN2O3. The highest BCUT2D eigenvalue weighted by Gasteiger charge is 2.23. The van der Waals surface area contributed by atoms with Crippen molar-refractivity contribution in [2.45, 2.75) is 18.9 Å². The summed E-state index contributed by atoms with van der Waals surface area (Å²) in [5, 5.41) is 5.25. The van der Waals surface area contributed by atoms with Crippen LogP contribution in [0.25, 0.3) is 0 Å². The Hall–Kier alpha value is -2.25. The van der Waals surface area contributed by atoms with Crippen LogP contribution in [0.4, 0.5) is 15.8 Å². The van der Waals surface area contributed by atoms with Crippen LogP contribution in [0.2, 0.25) is 0 Å². The Morgan fingerprint density at radius 1 is 1.16 bits per heavy atom. The van der Waals surface area contributed by atoms with Crippen LogP contribution in [0, 0.1) is 5.82 Å². The summed E-state index contributed by atoms with van der Waals surface area (Å²) < 4.78 is 19.7. The standard InChI is InChI=1S/C18H16BrFN2O3/c19-12-6-7-15(14(20)10-12)22-17(23)11-3-1-4-13(9-11)21-18(24)16-5-2-8-25-16/h1,3-4,6-7,9-10,16H,2,5,8H2,(H,21,24)(H,22,23). The lowest BCUT2D eigenvalue weighted by atomic mass is 10.1. The highest BCUT2D eigenvalue weighted by atomic mass is 79.9. The van der Waals surface area contributed by atoms with Gasteiger partial charge in [-0.15, -0.1) is 0 Å². The molecule has 0 aliphatic carbocycles. The van der Waals surface area contributed by atoms with E-state index in [1.165, 1.54) is 12.1 Å². The average molecular weight is 407 g/mol. The number of nitrogens with one attached hydrogen (secondary N) is 2. The van der Waals surface area contributed by atoms with Crippen molar-refractivity contribution in [3.05, 3.63) is 58.3 Å². The molecule has 2 N–H and O–H groups in total. The van der Waals surface area contributed by atoms with E-state index in [2.05, 4.69) is 26.6 Å². The van der Waals surface area contributed by atoms with E-state index < -0.39 is 17.8 Å². The Bertz CT molecular complexity index is 807. The normalized spacial score (nSPS) is 16.5. The van der Waals surface area contributed by atoms with E-state index in [-0.39, 0.29) is 11.6 Å². The van der Waals surface area contributed by atoms with E-state index in [1.54, 1.807) is 30.3 Å². The summed E-state index contributed by atoms with van der Waals surface area (Å²) in [6.45, 7) is 0.583. The lowest BCUT2D eigenvalue weighted by Crippen LogP contribution is -2.27. The first-order valence-electron chi connectivity index (χ1n) is 7.82. The highest BCUT2D eigenvalue weighted by Crippen LogP contribution is 2.21. The predicted molar refractivity (Wildman–Crippen MR) is 96.1 cm³/mol. The first-order valence-corrected chi connectivity index (χ1v) is 8.61. The minimum atomic E-state index is -0.537. The van der Waals surface area contributed by atoms with Crippen LogP contribution < -0.4 is 10.6 Å². The fraction of sp³-hybridized carbons (Fsp3) is 0.222. The zero-order valence-corrected chi connectivity index (χ0v) is 14.8. The molecule has 1 aliphatic rings. The van der Waals surface area contributed by atoms with Crippen molar-refractivity contribution in [2.75, 3.05) is 17.2 Å². The van der Waals surface area contributed by atoms with Crippen LogP contribution in [0.15, 0.2) is 46.9 Å². The van der Waals surface area contributed by atoms with E-state index in [0.717, 1.165) is 6.42 Å². The van der Waals surface area contributed by atoms with E-state index >= 15 is 0 Å². The molecule has 1 saturated heterocycles. The van der Waals surface area contributed by atoms with Crippen molar-refractivity contribution in [1.82, 2.24) is 0 Å². The second kappa shape index (κ2) is 7.76. The number of anilines is 2. The summed E-state index contributed by atoms with van der Waals surface area (Å²) in [5.41, 5.74) is 0.888. The second-order valence-corrected chi connectivity index (χ2v) is 6.57. The molecule has 1 fully saturated rings. The fourth-order valence-corrected chi connectivity index (χ4v) is 2.86. The number of carbonyl (C=O) groups is 2. The van der Waals surface area contributed by atoms with Crippen LogP contribution >= 0.6 is 15.9 Å². The summed E-state index contributed by atoms with van der Waals surface area (Å²) in [4.78, 5) is 24.4. The van der Waals surface area contributed by atoms with E-state index in [0.29, 0.717) is 28.8 Å². The highest BCUT2D eigenvalue weighted by molar-refractivity contribution is 9.10. The maximum atomic E-state index is 13.8. The Balaban J connectivity index is 1.69. The molecule has 2 amide bonds. The van der Waals surface area contributed by atoms with Crippen molar-refractivity contribution in [1.29, 1.82) is 0 Å². The Morgan fingerprint density at radius 3 is 2.72 bits per heavy atom. The number of benzene rings is 2. The number of halogens is 2. The number of ether oxygens (including phenoxy) is 1. The molecule has 1 atom stereocenters. The molecule has 130 valence electrons. The van der Waals surface area contributed by atoms with Crippen molar-refractivity contribution in [2.24, 2.45) is 0 Å². The van der Waals surface area contributed by atoms with Gasteiger partial charge >= 0.3 is 0 Å². The Morgan fingerprint density at radius 2 is 2.00 bits per heavy atom. The molecule has 0 aromatic heterocycles. The summed E-state index contributed by atoms with van der Waals surface area (Å²) >= 11 is 3.16. The first kappa shape index (κ1) is 17.6. The van der Waals surface area contributed by atoms with Gasteiger partial charge in [-0.25, -0.2) is 4.39 Å². The van der Waals surface area contributed by atoms with Crippen molar-refractivity contribution >= 4 is 39.1 Å². The average Bonchev–Trinajstić information content (AvgIpc) is 3.12. The number of hydrogen-bond donors (Lipinski definition) is 2. The molecule has 5 nitrogen and oxygen atoms in total. The third kappa shape index (κ3) is 4.43. The van der Waals surface area contributed by atoms with Gasteiger partial charge in [0.2, 0.25) is 0 Å². The zero-order chi connectivity index (χ0) is 17.8. The van der Waals surface area contributed by atoms with Crippen molar-refractivity contribution < 1.29 is 18.7 Å². The van der Waals surface area contributed by atoms with Gasteiger partial charge in [0.15, 0.2) is 0 Å². The summed E-state index contributed by atoms with van der Waals surface area (Å²) in [6, 6.07) is 10.8. The topological polar surface area (TPSA) is 67.4 Å². The molecule has 25 heavy (non-hydrogen) atoms. The summed E-state index contributed by atoms with van der Waals surface area (Å²) in [7, 11) is 0. The monoisotopic (exact) mass is 406 g/mol. The maximum Gasteiger partial charge on any atom is 0.255 e. The molecule has 1 aliphatic heterocycles. The number of hydrogen-bond acceptors (Lipinski definition) is 3. The number of amides is 2. The van der Waals surface area contributed by atoms with Gasteiger partial charge in [-0.2, -0.15) is 0 Å². The Kier molecular flexibility index (Phi) is 5.45. The minimum Gasteiger partial charge on any atom is -0.368 e. The maximum absolute atomic E-state index is 13.8. The fourth-order valence-electron chi connectivity index (χ4n) is 2.53. The Labute approximate surface area is 152 Å². The quantitative estimate of drug-likeness (QED) is 0.807. The van der Waals surface area contributed by atoms with Crippen LogP contribution in [-0.2, 0) is 9.53 Å². The molecule has 0 spiro atoms. The van der Waals surface area contributed by atoms with Crippen LogP contribution in [0.3, 0.4) is 0 Å². The van der Waals surface area contributed by atoms with E-state index in [9.17, 15) is 14.0 Å². The van der Waals surface area contributed by atoms with Crippen LogP contribution in [-0.4, -0.2) is 24.5 Å².